The summed E-state index contributed by atoms with van der Waals surface area (Å²) in [6.45, 7) is 4.42. The summed E-state index contributed by atoms with van der Waals surface area (Å²) in [6, 6.07) is 7.99. The van der Waals surface area contributed by atoms with E-state index in [9.17, 15) is 27.6 Å². The van der Waals surface area contributed by atoms with Crippen LogP contribution in [0.4, 0.5) is 23.7 Å². The highest BCUT2D eigenvalue weighted by Crippen LogP contribution is 2.30. The summed E-state index contributed by atoms with van der Waals surface area (Å²) in [6.07, 6.45) is -1.68. The summed E-state index contributed by atoms with van der Waals surface area (Å²) < 4.78 is 52.1. The van der Waals surface area contributed by atoms with Gasteiger partial charge in [0.15, 0.2) is 5.69 Å². The highest BCUT2D eigenvalue weighted by atomic mass is 19.4. The summed E-state index contributed by atoms with van der Waals surface area (Å²) in [4.78, 5) is 51.3. The van der Waals surface area contributed by atoms with E-state index in [0.717, 1.165) is 24.1 Å². The largest absolute Gasteiger partial charge is 0.573 e. The van der Waals surface area contributed by atoms with Crippen molar-refractivity contribution in [3.63, 3.8) is 0 Å². The van der Waals surface area contributed by atoms with Gasteiger partial charge in [-0.15, -0.1) is 13.2 Å². The third-order valence-electron chi connectivity index (χ3n) is 4.92. The minimum Gasteiger partial charge on any atom is -0.464 e. The van der Waals surface area contributed by atoms with Gasteiger partial charge in [-0.3, -0.25) is 9.69 Å². The number of methoxy groups -OCH3 is 1. The number of hydrogen-bond donors (Lipinski definition) is 1. The lowest BCUT2D eigenvalue weighted by molar-refractivity contribution is -0.274. The van der Waals surface area contributed by atoms with Crippen LogP contribution in [0.5, 0.6) is 5.75 Å². The molecule has 14 heteroatoms. The van der Waals surface area contributed by atoms with Gasteiger partial charge < -0.3 is 19.5 Å². The normalized spacial score (nSPS) is 11.4. The average molecular weight is 562 g/mol. The number of nitrogens with one attached hydrogen (secondary N) is 1. The Morgan fingerprint density at radius 1 is 1.02 bits per heavy atom. The number of esters is 1. The first-order valence-corrected chi connectivity index (χ1v) is 11.7. The van der Waals surface area contributed by atoms with Gasteiger partial charge in [0, 0.05) is 18.0 Å². The Hall–Kier alpha value is -4.75. The summed E-state index contributed by atoms with van der Waals surface area (Å²) in [5.74, 6) is -2.07. The van der Waals surface area contributed by atoms with Gasteiger partial charge >= 0.3 is 18.4 Å². The highest BCUT2D eigenvalue weighted by Gasteiger charge is 2.31. The van der Waals surface area contributed by atoms with Gasteiger partial charge in [0.25, 0.3) is 0 Å². The van der Waals surface area contributed by atoms with Crippen LogP contribution >= 0.6 is 0 Å². The number of halogens is 3. The Kier molecular flexibility index (Phi) is 9.24. The van der Waals surface area contributed by atoms with Crippen LogP contribution in [-0.4, -0.2) is 63.4 Å². The van der Waals surface area contributed by atoms with Crippen LogP contribution in [0.2, 0.25) is 0 Å². The standard InChI is InChI=1S/C26H26F3N5O6/c1-25(2,3)40-24(37)34(13-18-8-9-30-15-32-18)14-21(35)33-20-11-17(12-31-22(20)23(36)38-4)16-6-5-7-19(10-16)39-26(27,28)29/h5-12,15H,13-14H2,1-4H3,(H,33,35). The van der Waals surface area contributed by atoms with Crippen molar-refractivity contribution in [2.24, 2.45) is 0 Å². The number of ether oxygens (including phenoxy) is 3. The first-order chi connectivity index (χ1) is 18.7. The van der Waals surface area contributed by atoms with Crippen molar-refractivity contribution in [1.29, 1.82) is 0 Å². The van der Waals surface area contributed by atoms with E-state index in [1.165, 1.54) is 36.9 Å². The van der Waals surface area contributed by atoms with Crippen molar-refractivity contribution < 1.29 is 41.8 Å². The van der Waals surface area contributed by atoms with E-state index in [0.29, 0.717) is 5.69 Å². The average Bonchev–Trinajstić information content (AvgIpc) is 2.86. The van der Waals surface area contributed by atoms with Gasteiger partial charge in [0.2, 0.25) is 5.91 Å². The molecule has 1 aromatic carbocycles. The second kappa shape index (κ2) is 12.4. The van der Waals surface area contributed by atoms with Crippen LogP contribution in [0.3, 0.4) is 0 Å². The number of carbonyl (C=O) groups excluding carboxylic acids is 3. The number of anilines is 1. The van der Waals surface area contributed by atoms with Gasteiger partial charge in [0.1, 0.15) is 24.2 Å². The summed E-state index contributed by atoms with van der Waals surface area (Å²) in [5, 5.41) is 2.53. The van der Waals surface area contributed by atoms with Crippen molar-refractivity contribution >= 4 is 23.7 Å². The number of carbonyl (C=O) groups is 3. The molecule has 0 unspecified atom stereocenters. The van der Waals surface area contributed by atoms with E-state index < -0.39 is 42.2 Å². The third-order valence-corrected chi connectivity index (χ3v) is 4.92. The molecule has 0 fully saturated rings. The molecule has 0 saturated heterocycles. The van der Waals surface area contributed by atoms with Gasteiger partial charge in [-0.25, -0.2) is 24.5 Å². The van der Waals surface area contributed by atoms with Crippen LogP contribution in [0.25, 0.3) is 11.1 Å². The minimum absolute atomic E-state index is 0.0843. The van der Waals surface area contributed by atoms with Crippen LogP contribution in [0, 0.1) is 0 Å². The maximum absolute atomic E-state index is 13.1. The Labute approximate surface area is 227 Å². The first kappa shape index (κ1) is 29.8. The third kappa shape index (κ3) is 8.92. The number of benzene rings is 1. The van der Waals surface area contributed by atoms with Crippen molar-refractivity contribution in [2.75, 3.05) is 19.0 Å². The Morgan fingerprint density at radius 2 is 1.77 bits per heavy atom. The number of nitrogens with zero attached hydrogens (tertiary/aromatic N) is 4. The second-order valence-corrected chi connectivity index (χ2v) is 9.27. The molecule has 0 radical (unpaired) electrons. The lowest BCUT2D eigenvalue weighted by Crippen LogP contribution is -2.41. The fourth-order valence-electron chi connectivity index (χ4n) is 3.33. The van der Waals surface area contributed by atoms with Gasteiger partial charge in [-0.2, -0.15) is 0 Å². The molecule has 0 aliphatic carbocycles. The van der Waals surface area contributed by atoms with E-state index in [1.807, 2.05) is 0 Å². The number of rotatable bonds is 8. The minimum atomic E-state index is -4.89. The molecule has 1 N–H and O–H groups in total. The van der Waals surface area contributed by atoms with Crippen LogP contribution in [0.15, 0.2) is 55.1 Å². The molecule has 2 amide bonds. The zero-order valence-corrected chi connectivity index (χ0v) is 22.0. The number of aromatic nitrogens is 3. The van der Waals surface area contributed by atoms with Gasteiger partial charge in [-0.05, 0) is 50.6 Å². The van der Waals surface area contributed by atoms with E-state index in [1.54, 1.807) is 26.8 Å². The van der Waals surface area contributed by atoms with Gasteiger partial charge in [-0.1, -0.05) is 12.1 Å². The molecule has 3 aromatic rings. The SMILES string of the molecule is COC(=O)c1ncc(-c2cccc(OC(F)(F)F)c2)cc1NC(=O)CN(Cc1ccncn1)C(=O)OC(C)(C)C. The van der Waals surface area contributed by atoms with E-state index in [2.05, 4.69) is 25.0 Å². The summed E-state index contributed by atoms with van der Waals surface area (Å²) in [5.41, 5.74) is -0.239. The molecule has 212 valence electrons. The Balaban J connectivity index is 1.89. The Morgan fingerprint density at radius 3 is 2.40 bits per heavy atom. The molecule has 0 spiro atoms. The molecule has 3 rings (SSSR count). The smallest absolute Gasteiger partial charge is 0.464 e. The number of alkyl halides is 3. The molecule has 0 bridgehead atoms. The molecule has 40 heavy (non-hydrogen) atoms. The summed E-state index contributed by atoms with van der Waals surface area (Å²) in [7, 11) is 1.12. The predicted octanol–water partition coefficient (Wildman–Crippen LogP) is 4.60. The van der Waals surface area contributed by atoms with Crippen molar-refractivity contribution in [3.05, 3.63) is 66.5 Å². The molecule has 11 nitrogen and oxygen atoms in total. The lowest BCUT2D eigenvalue weighted by Gasteiger charge is -2.27. The predicted molar refractivity (Wildman–Crippen MR) is 135 cm³/mol. The van der Waals surface area contributed by atoms with Crippen molar-refractivity contribution in [3.8, 4) is 16.9 Å². The number of amides is 2. The van der Waals surface area contributed by atoms with Crippen LogP contribution < -0.4 is 10.1 Å². The molecule has 0 aliphatic rings. The van der Waals surface area contributed by atoms with E-state index in [-0.39, 0.29) is 29.1 Å². The molecule has 2 heterocycles. The molecular formula is C26H26F3N5O6. The lowest BCUT2D eigenvalue weighted by atomic mass is 10.1. The van der Waals surface area contributed by atoms with Crippen LogP contribution in [0.1, 0.15) is 37.0 Å². The number of pyridine rings is 1. The fourth-order valence-corrected chi connectivity index (χ4v) is 3.33. The van der Waals surface area contributed by atoms with E-state index in [4.69, 9.17) is 9.47 Å². The molecular weight excluding hydrogens is 535 g/mol. The van der Waals surface area contributed by atoms with Crippen molar-refractivity contribution in [1.82, 2.24) is 19.9 Å². The first-order valence-electron chi connectivity index (χ1n) is 11.7. The zero-order valence-electron chi connectivity index (χ0n) is 22.0. The topological polar surface area (TPSA) is 133 Å². The maximum Gasteiger partial charge on any atom is 0.573 e. The molecule has 2 aromatic heterocycles. The molecule has 0 aliphatic heterocycles. The van der Waals surface area contributed by atoms with Gasteiger partial charge in [0.05, 0.1) is 25.0 Å². The molecule has 0 atom stereocenters. The fraction of sp³-hybridized carbons (Fsp3) is 0.308. The Bertz CT molecular complexity index is 1360. The maximum atomic E-state index is 13.1. The number of hydrogen-bond acceptors (Lipinski definition) is 9. The quantitative estimate of drug-likeness (QED) is 0.392. The monoisotopic (exact) mass is 561 g/mol. The second-order valence-electron chi connectivity index (χ2n) is 9.27. The molecule has 0 saturated carbocycles. The highest BCUT2D eigenvalue weighted by molar-refractivity contribution is 6.01. The van der Waals surface area contributed by atoms with Crippen molar-refractivity contribution in [2.45, 2.75) is 39.3 Å². The van der Waals surface area contributed by atoms with Crippen LogP contribution in [-0.2, 0) is 20.8 Å². The zero-order chi connectivity index (χ0) is 29.5. The summed E-state index contributed by atoms with van der Waals surface area (Å²) >= 11 is 0. The van der Waals surface area contributed by atoms with E-state index >= 15 is 0 Å².